The third kappa shape index (κ3) is 4.27. The quantitative estimate of drug-likeness (QED) is 0.752. The monoisotopic (exact) mass is 399 g/mol. The minimum atomic E-state index is -0.213. The standard InChI is InChI=1S/C21H29N5O3/c1-24-10-12-25(13-11-24)18-7-6-15(14-22-18)23-19(27)8-9-26-20(28)16-4-2-3-5-17(16)21(26)29/h6-7,14,16-17H,2-5,8-13H2,1H3,(H,23,27). The first-order valence-electron chi connectivity index (χ1n) is 10.6. The Kier molecular flexibility index (Phi) is 5.80. The number of hydrogen-bond acceptors (Lipinski definition) is 6. The van der Waals surface area contributed by atoms with Crippen molar-refractivity contribution in [2.75, 3.05) is 50.0 Å². The van der Waals surface area contributed by atoms with E-state index in [9.17, 15) is 14.4 Å². The second-order valence-corrected chi connectivity index (χ2v) is 8.32. The number of carbonyl (C=O) groups excluding carboxylic acids is 3. The summed E-state index contributed by atoms with van der Waals surface area (Å²) in [6, 6.07) is 3.76. The fraction of sp³-hybridized carbons (Fsp3) is 0.619. The van der Waals surface area contributed by atoms with E-state index in [0.29, 0.717) is 5.69 Å². The minimum absolute atomic E-state index is 0.0919. The molecule has 3 heterocycles. The summed E-state index contributed by atoms with van der Waals surface area (Å²) >= 11 is 0. The smallest absolute Gasteiger partial charge is 0.233 e. The van der Waals surface area contributed by atoms with Crippen molar-refractivity contribution in [3.8, 4) is 0 Å². The SMILES string of the molecule is CN1CCN(c2ccc(NC(=O)CCN3C(=O)C4CCCCC4C3=O)cn2)CC1. The van der Waals surface area contributed by atoms with Gasteiger partial charge in [0.1, 0.15) is 5.82 Å². The third-order valence-corrected chi connectivity index (χ3v) is 6.35. The average Bonchev–Trinajstić information content (AvgIpc) is 2.98. The maximum Gasteiger partial charge on any atom is 0.233 e. The van der Waals surface area contributed by atoms with Crippen molar-refractivity contribution in [2.24, 2.45) is 11.8 Å². The van der Waals surface area contributed by atoms with Crippen molar-refractivity contribution in [1.82, 2.24) is 14.8 Å². The van der Waals surface area contributed by atoms with Gasteiger partial charge in [-0.05, 0) is 32.0 Å². The van der Waals surface area contributed by atoms with Crippen molar-refractivity contribution in [3.05, 3.63) is 18.3 Å². The fourth-order valence-corrected chi connectivity index (χ4v) is 4.57. The van der Waals surface area contributed by atoms with Gasteiger partial charge in [-0.25, -0.2) is 4.98 Å². The molecule has 1 aliphatic carbocycles. The number of imide groups is 1. The van der Waals surface area contributed by atoms with E-state index in [1.165, 1.54) is 4.90 Å². The molecule has 1 aromatic heterocycles. The van der Waals surface area contributed by atoms with E-state index in [1.807, 2.05) is 12.1 Å². The summed E-state index contributed by atoms with van der Waals surface area (Å²) < 4.78 is 0. The topological polar surface area (TPSA) is 85.9 Å². The lowest BCUT2D eigenvalue weighted by Crippen LogP contribution is -2.44. The molecule has 1 aromatic rings. The Morgan fingerprint density at radius 3 is 2.31 bits per heavy atom. The van der Waals surface area contributed by atoms with Gasteiger partial charge in [-0.15, -0.1) is 0 Å². The van der Waals surface area contributed by atoms with Crippen LogP contribution in [0.4, 0.5) is 11.5 Å². The maximum absolute atomic E-state index is 12.5. The van der Waals surface area contributed by atoms with Crippen LogP contribution in [0.2, 0.25) is 0 Å². The number of piperazine rings is 1. The minimum Gasteiger partial charge on any atom is -0.354 e. The molecule has 3 fully saturated rings. The second-order valence-electron chi connectivity index (χ2n) is 8.32. The number of rotatable bonds is 5. The molecule has 3 aliphatic rings. The predicted molar refractivity (Wildman–Crippen MR) is 109 cm³/mol. The molecule has 8 nitrogen and oxygen atoms in total. The van der Waals surface area contributed by atoms with Crippen molar-refractivity contribution in [2.45, 2.75) is 32.1 Å². The molecular weight excluding hydrogens is 370 g/mol. The molecule has 3 amide bonds. The van der Waals surface area contributed by atoms with E-state index in [0.717, 1.165) is 57.7 Å². The molecule has 156 valence electrons. The Morgan fingerprint density at radius 1 is 1.07 bits per heavy atom. The van der Waals surface area contributed by atoms with Crippen molar-refractivity contribution >= 4 is 29.2 Å². The lowest BCUT2D eigenvalue weighted by Gasteiger charge is -2.33. The maximum atomic E-state index is 12.5. The molecule has 8 heteroatoms. The summed E-state index contributed by atoms with van der Waals surface area (Å²) in [6.45, 7) is 4.05. The van der Waals surface area contributed by atoms with Crippen molar-refractivity contribution < 1.29 is 14.4 Å². The lowest BCUT2D eigenvalue weighted by atomic mass is 9.81. The molecule has 0 spiro atoms. The predicted octanol–water partition coefficient (Wildman–Crippen LogP) is 1.34. The molecule has 2 atom stereocenters. The highest BCUT2D eigenvalue weighted by atomic mass is 16.2. The van der Waals surface area contributed by atoms with Crippen LogP contribution < -0.4 is 10.2 Å². The van der Waals surface area contributed by atoms with Gasteiger partial charge >= 0.3 is 0 Å². The number of nitrogens with one attached hydrogen (secondary N) is 1. The van der Waals surface area contributed by atoms with E-state index in [2.05, 4.69) is 27.1 Å². The molecule has 4 rings (SSSR count). The number of aromatic nitrogens is 1. The largest absolute Gasteiger partial charge is 0.354 e. The Hall–Kier alpha value is -2.48. The first-order chi connectivity index (χ1) is 14.0. The number of likely N-dealkylation sites (N-methyl/N-ethyl adjacent to an activating group) is 1. The van der Waals surface area contributed by atoms with Gasteiger partial charge in [0, 0.05) is 39.1 Å². The van der Waals surface area contributed by atoms with Crippen molar-refractivity contribution in [1.29, 1.82) is 0 Å². The van der Waals surface area contributed by atoms with Crippen LogP contribution in [0.15, 0.2) is 18.3 Å². The van der Waals surface area contributed by atoms with Crippen LogP contribution in [0.3, 0.4) is 0 Å². The zero-order valence-electron chi connectivity index (χ0n) is 17.0. The lowest BCUT2D eigenvalue weighted by molar-refractivity contribution is -0.140. The van der Waals surface area contributed by atoms with E-state index in [-0.39, 0.29) is 42.5 Å². The van der Waals surface area contributed by atoms with E-state index in [1.54, 1.807) is 6.20 Å². The molecule has 1 N–H and O–H groups in total. The van der Waals surface area contributed by atoms with Crippen LogP contribution in [0.5, 0.6) is 0 Å². The second kappa shape index (κ2) is 8.49. The summed E-state index contributed by atoms with van der Waals surface area (Å²) in [5, 5.41) is 2.82. The molecule has 2 aliphatic heterocycles. The van der Waals surface area contributed by atoms with E-state index >= 15 is 0 Å². The molecular formula is C21H29N5O3. The number of amides is 3. The van der Waals surface area contributed by atoms with Gasteiger partial charge in [0.25, 0.3) is 0 Å². The van der Waals surface area contributed by atoms with E-state index in [4.69, 9.17) is 0 Å². The zero-order chi connectivity index (χ0) is 20.4. The Balaban J connectivity index is 1.27. The molecule has 0 bridgehead atoms. The number of anilines is 2. The van der Waals surface area contributed by atoms with Crippen LogP contribution >= 0.6 is 0 Å². The average molecular weight is 399 g/mol. The highest BCUT2D eigenvalue weighted by Gasteiger charge is 2.47. The van der Waals surface area contributed by atoms with Gasteiger partial charge < -0.3 is 15.1 Å². The highest BCUT2D eigenvalue weighted by Crippen LogP contribution is 2.37. The summed E-state index contributed by atoms with van der Waals surface area (Å²) in [5.41, 5.74) is 0.626. The van der Waals surface area contributed by atoms with Gasteiger partial charge in [0.05, 0.1) is 23.7 Å². The summed E-state index contributed by atoms with van der Waals surface area (Å²) in [5.74, 6) is 0.189. The van der Waals surface area contributed by atoms with E-state index < -0.39 is 0 Å². The van der Waals surface area contributed by atoms with Gasteiger partial charge in [0.15, 0.2) is 0 Å². The van der Waals surface area contributed by atoms with Crippen molar-refractivity contribution in [3.63, 3.8) is 0 Å². The van der Waals surface area contributed by atoms with Gasteiger partial charge in [-0.1, -0.05) is 12.8 Å². The van der Waals surface area contributed by atoms with Crippen LogP contribution in [0, 0.1) is 11.8 Å². The third-order valence-electron chi connectivity index (χ3n) is 6.35. The number of hydrogen-bond donors (Lipinski definition) is 1. The summed E-state index contributed by atoms with van der Waals surface area (Å²) in [7, 11) is 2.11. The normalized spacial score (nSPS) is 25.3. The summed E-state index contributed by atoms with van der Waals surface area (Å²) in [4.78, 5) is 47.6. The Bertz CT molecular complexity index is 749. The number of likely N-dealkylation sites (tertiary alicyclic amines) is 1. The van der Waals surface area contributed by atoms with Gasteiger partial charge in [0.2, 0.25) is 17.7 Å². The summed E-state index contributed by atoms with van der Waals surface area (Å²) in [6.07, 6.45) is 5.37. The molecule has 2 unspecified atom stereocenters. The molecule has 0 radical (unpaired) electrons. The van der Waals surface area contributed by atoms with Crippen LogP contribution in [0.25, 0.3) is 0 Å². The van der Waals surface area contributed by atoms with Gasteiger partial charge in [-0.2, -0.15) is 0 Å². The fourth-order valence-electron chi connectivity index (χ4n) is 4.57. The Labute approximate surface area is 171 Å². The number of carbonyl (C=O) groups is 3. The molecule has 29 heavy (non-hydrogen) atoms. The number of nitrogens with zero attached hydrogens (tertiary/aromatic N) is 4. The van der Waals surface area contributed by atoms with Crippen LogP contribution in [-0.2, 0) is 14.4 Å². The Morgan fingerprint density at radius 2 is 1.72 bits per heavy atom. The molecule has 2 saturated heterocycles. The van der Waals surface area contributed by atoms with Gasteiger partial charge in [-0.3, -0.25) is 19.3 Å². The molecule has 1 saturated carbocycles. The zero-order valence-corrected chi connectivity index (χ0v) is 17.0. The molecule has 0 aromatic carbocycles. The first kappa shape index (κ1) is 19.8. The first-order valence-corrected chi connectivity index (χ1v) is 10.6. The van der Waals surface area contributed by atoms with Crippen LogP contribution in [-0.4, -0.2) is 72.3 Å². The number of fused-ring (bicyclic) bond motifs is 1. The highest BCUT2D eigenvalue weighted by molar-refractivity contribution is 6.05. The number of pyridine rings is 1. The van der Waals surface area contributed by atoms with Crippen LogP contribution in [0.1, 0.15) is 32.1 Å².